The Bertz CT molecular complexity index is 533. The molecule has 4 nitrogen and oxygen atoms in total. The standard InChI is InChI=1S/C19H27NO3/c21-16(13-19(23)9-5-2-6-10-19)20-14-18(11-12-18)17(22)15-7-3-1-4-8-15/h1,3-4,7-8,17,22-23H,2,5-6,9-14H2,(H,20,21). The largest absolute Gasteiger partial charge is 0.389 e. The molecule has 1 aromatic rings. The van der Waals surface area contributed by atoms with Crippen molar-refractivity contribution in [2.75, 3.05) is 6.54 Å². The van der Waals surface area contributed by atoms with Gasteiger partial charge in [0.2, 0.25) is 5.91 Å². The highest BCUT2D eigenvalue weighted by Crippen LogP contribution is 2.54. The van der Waals surface area contributed by atoms with Crippen LogP contribution in [0.3, 0.4) is 0 Å². The molecule has 2 saturated carbocycles. The van der Waals surface area contributed by atoms with Gasteiger partial charge in [-0.05, 0) is 31.2 Å². The molecule has 2 fully saturated rings. The van der Waals surface area contributed by atoms with E-state index in [4.69, 9.17) is 0 Å². The molecule has 3 N–H and O–H groups in total. The number of aliphatic hydroxyl groups is 2. The molecule has 2 aliphatic carbocycles. The normalized spacial score (nSPS) is 23.0. The molecule has 0 bridgehead atoms. The molecule has 0 heterocycles. The lowest BCUT2D eigenvalue weighted by Gasteiger charge is -2.31. The zero-order chi connectivity index (χ0) is 16.3. The SMILES string of the molecule is O=C(CC1(O)CCCCC1)NCC1(C(O)c2ccccc2)CC1. The summed E-state index contributed by atoms with van der Waals surface area (Å²) in [5.41, 5.74) is -0.145. The summed E-state index contributed by atoms with van der Waals surface area (Å²) >= 11 is 0. The van der Waals surface area contributed by atoms with E-state index in [-0.39, 0.29) is 17.7 Å². The number of amides is 1. The van der Waals surface area contributed by atoms with Crippen molar-refractivity contribution in [1.29, 1.82) is 0 Å². The maximum atomic E-state index is 12.2. The molecular formula is C19H27NO3. The Morgan fingerprint density at radius 3 is 2.35 bits per heavy atom. The molecule has 0 saturated heterocycles. The summed E-state index contributed by atoms with van der Waals surface area (Å²) in [6.07, 6.45) is 6.08. The zero-order valence-corrected chi connectivity index (χ0v) is 13.6. The third-order valence-corrected chi connectivity index (χ3v) is 5.50. The Balaban J connectivity index is 1.52. The van der Waals surface area contributed by atoms with Crippen molar-refractivity contribution in [3.63, 3.8) is 0 Å². The molecule has 0 aliphatic heterocycles. The Hall–Kier alpha value is -1.39. The number of rotatable bonds is 6. The molecule has 0 spiro atoms. The summed E-state index contributed by atoms with van der Waals surface area (Å²) < 4.78 is 0. The van der Waals surface area contributed by atoms with Gasteiger partial charge in [-0.2, -0.15) is 0 Å². The highest BCUT2D eigenvalue weighted by Gasteiger charge is 2.49. The zero-order valence-electron chi connectivity index (χ0n) is 13.6. The highest BCUT2D eigenvalue weighted by atomic mass is 16.3. The number of hydrogen-bond acceptors (Lipinski definition) is 3. The van der Waals surface area contributed by atoms with E-state index in [2.05, 4.69) is 5.32 Å². The van der Waals surface area contributed by atoms with Crippen LogP contribution in [0.4, 0.5) is 0 Å². The minimum Gasteiger partial charge on any atom is -0.389 e. The van der Waals surface area contributed by atoms with Crippen LogP contribution in [-0.2, 0) is 4.79 Å². The van der Waals surface area contributed by atoms with E-state index in [0.717, 1.165) is 50.5 Å². The minimum atomic E-state index is -0.822. The molecule has 0 aromatic heterocycles. The fourth-order valence-corrected chi connectivity index (χ4v) is 3.72. The molecule has 1 amide bonds. The van der Waals surface area contributed by atoms with E-state index in [9.17, 15) is 15.0 Å². The molecular weight excluding hydrogens is 290 g/mol. The molecule has 4 heteroatoms. The van der Waals surface area contributed by atoms with E-state index in [1.807, 2.05) is 30.3 Å². The van der Waals surface area contributed by atoms with Gasteiger partial charge < -0.3 is 15.5 Å². The van der Waals surface area contributed by atoms with Gasteiger partial charge in [-0.15, -0.1) is 0 Å². The van der Waals surface area contributed by atoms with Gasteiger partial charge in [0, 0.05) is 12.0 Å². The van der Waals surface area contributed by atoms with Gasteiger partial charge >= 0.3 is 0 Å². The number of benzene rings is 1. The average Bonchev–Trinajstić information content (AvgIpc) is 3.35. The number of carbonyl (C=O) groups excluding carboxylic acids is 1. The van der Waals surface area contributed by atoms with Crippen LogP contribution in [0.1, 0.15) is 63.0 Å². The van der Waals surface area contributed by atoms with Gasteiger partial charge in [0.15, 0.2) is 0 Å². The van der Waals surface area contributed by atoms with Crippen LogP contribution in [-0.4, -0.2) is 28.3 Å². The lowest BCUT2D eigenvalue weighted by Crippen LogP contribution is -2.40. The highest BCUT2D eigenvalue weighted by molar-refractivity contribution is 5.77. The van der Waals surface area contributed by atoms with Crippen LogP contribution >= 0.6 is 0 Å². The maximum Gasteiger partial charge on any atom is 0.222 e. The third-order valence-electron chi connectivity index (χ3n) is 5.50. The monoisotopic (exact) mass is 317 g/mol. The topological polar surface area (TPSA) is 69.6 Å². The molecule has 1 atom stereocenters. The van der Waals surface area contributed by atoms with Crippen LogP contribution in [0, 0.1) is 5.41 Å². The summed E-state index contributed by atoms with van der Waals surface area (Å²) in [6.45, 7) is 0.484. The van der Waals surface area contributed by atoms with Crippen molar-refractivity contribution in [1.82, 2.24) is 5.32 Å². The summed E-state index contributed by atoms with van der Waals surface area (Å²) in [5.74, 6) is -0.0964. The van der Waals surface area contributed by atoms with E-state index in [0.29, 0.717) is 6.54 Å². The molecule has 3 rings (SSSR count). The van der Waals surface area contributed by atoms with Crippen LogP contribution in [0.15, 0.2) is 30.3 Å². The second-order valence-electron chi connectivity index (χ2n) is 7.41. The van der Waals surface area contributed by atoms with Gasteiger partial charge in [-0.1, -0.05) is 49.6 Å². The first-order valence-corrected chi connectivity index (χ1v) is 8.75. The molecule has 2 aliphatic rings. The maximum absolute atomic E-state index is 12.2. The van der Waals surface area contributed by atoms with Gasteiger partial charge in [-0.3, -0.25) is 4.79 Å². The van der Waals surface area contributed by atoms with Crippen LogP contribution < -0.4 is 5.32 Å². The minimum absolute atomic E-state index is 0.0964. The number of carbonyl (C=O) groups is 1. The predicted octanol–water partition coefficient (Wildman–Crippen LogP) is 2.70. The molecule has 0 radical (unpaired) electrons. The predicted molar refractivity (Wildman–Crippen MR) is 88.7 cm³/mol. The van der Waals surface area contributed by atoms with Crippen molar-refractivity contribution in [2.45, 2.75) is 63.1 Å². The Morgan fingerprint density at radius 2 is 1.74 bits per heavy atom. The number of aliphatic hydroxyl groups excluding tert-OH is 1. The van der Waals surface area contributed by atoms with Gasteiger partial charge in [0.25, 0.3) is 0 Å². The summed E-state index contributed by atoms with van der Waals surface area (Å²) in [6, 6.07) is 9.63. The van der Waals surface area contributed by atoms with Crippen LogP contribution in [0.5, 0.6) is 0 Å². The molecule has 126 valence electrons. The Kier molecular flexibility index (Phi) is 4.74. The fourth-order valence-electron chi connectivity index (χ4n) is 3.72. The Morgan fingerprint density at radius 1 is 1.09 bits per heavy atom. The first-order chi connectivity index (χ1) is 11.0. The van der Waals surface area contributed by atoms with Gasteiger partial charge in [0.1, 0.15) is 0 Å². The van der Waals surface area contributed by atoms with E-state index in [1.165, 1.54) is 0 Å². The third kappa shape index (κ3) is 3.93. The van der Waals surface area contributed by atoms with Crippen molar-refractivity contribution in [3.8, 4) is 0 Å². The first-order valence-electron chi connectivity index (χ1n) is 8.75. The van der Waals surface area contributed by atoms with E-state index in [1.54, 1.807) is 0 Å². The number of nitrogens with one attached hydrogen (secondary N) is 1. The van der Waals surface area contributed by atoms with Crippen molar-refractivity contribution >= 4 is 5.91 Å². The van der Waals surface area contributed by atoms with Crippen molar-refractivity contribution in [2.24, 2.45) is 5.41 Å². The first kappa shape index (κ1) is 16.5. The fraction of sp³-hybridized carbons (Fsp3) is 0.632. The summed E-state index contributed by atoms with van der Waals surface area (Å²) in [4.78, 5) is 12.2. The number of hydrogen-bond donors (Lipinski definition) is 3. The molecule has 1 aromatic carbocycles. The van der Waals surface area contributed by atoms with Crippen molar-refractivity contribution in [3.05, 3.63) is 35.9 Å². The lowest BCUT2D eigenvalue weighted by atomic mass is 9.82. The summed E-state index contributed by atoms with van der Waals surface area (Å²) in [7, 11) is 0. The smallest absolute Gasteiger partial charge is 0.222 e. The van der Waals surface area contributed by atoms with Gasteiger partial charge in [-0.25, -0.2) is 0 Å². The Labute approximate surface area is 137 Å². The summed E-state index contributed by atoms with van der Waals surface area (Å²) in [5, 5.41) is 24.0. The van der Waals surface area contributed by atoms with Crippen LogP contribution in [0.2, 0.25) is 0 Å². The van der Waals surface area contributed by atoms with E-state index >= 15 is 0 Å². The second kappa shape index (κ2) is 6.62. The quantitative estimate of drug-likeness (QED) is 0.755. The van der Waals surface area contributed by atoms with Crippen LogP contribution in [0.25, 0.3) is 0 Å². The molecule has 1 unspecified atom stereocenters. The average molecular weight is 317 g/mol. The molecule has 23 heavy (non-hydrogen) atoms. The van der Waals surface area contributed by atoms with E-state index < -0.39 is 11.7 Å². The second-order valence-corrected chi connectivity index (χ2v) is 7.41. The van der Waals surface area contributed by atoms with Gasteiger partial charge in [0.05, 0.1) is 18.1 Å². The lowest BCUT2D eigenvalue weighted by molar-refractivity contribution is -0.127. The van der Waals surface area contributed by atoms with Crippen molar-refractivity contribution < 1.29 is 15.0 Å².